The first-order valence-electron chi connectivity index (χ1n) is 7.97. The lowest BCUT2D eigenvalue weighted by Crippen LogP contribution is -2.30. The molecule has 0 aliphatic rings. The third-order valence-corrected chi connectivity index (χ3v) is 4.35. The van der Waals surface area contributed by atoms with Gasteiger partial charge in [0.1, 0.15) is 0 Å². The second kappa shape index (κ2) is 9.64. The Balaban J connectivity index is 2.03. The summed E-state index contributed by atoms with van der Waals surface area (Å²) in [5.41, 5.74) is 0.887. The zero-order valence-electron chi connectivity index (χ0n) is 14.6. The van der Waals surface area contributed by atoms with Gasteiger partial charge < -0.3 is 20.1 Å². The van der Waals surface area contributed by atoms with Gasteiger partial charge in [-0.15, -0.1) is 0 Å². The molecular formula is C17H19N3O6S. The lowest BCUT2D eigenvalue weighted by Gasteiger charge is -2.17. The van der Waals surface area contributed by atoms with Crippen LogP contribution in [0.2, 0.25) is 0 Å². The summed E-state index contributed by atoms with van der Waals surface area (Å²) in [4.78, 5) is 36.2. The Hall–Kier alpha value is -2.98. The van der Waals surface area contributed by atoms with Crippen LogP contribution in [0.3, 0.4) is 0 Å². The van der Waals surface area contributed by atoms with Gasteiger partial charge in [0, 0.05) is 38.0 Å². The molecule has 1 heterocycles. The quantitative estimate of drug-likeness (QED) is 0.379. The maximum atomic E-state index is 12.3. The minimum atomic E-state index is -0.864. The number of hydrogen-bond acceptors (Lipinski definition) is 8. The second-order valence-corrected chi connectivity index (χ2v) is 6.37. The van der Waals surface area contributed by atoms with Gasteiger partial charge in [-0.2, -0.15) is 11.3 Å². The predicted octanol–water partition coefficient (Wildman–Crippen LogP) is 1.88. The maximum Gasteiger partial charge on any atom is 0.341 e. The van der Waals surface area contributed by atoms with E-state index in [4.69, 9.17) is 9.84 Å². The highest BCUT2D eigenvalue weighted by Crippen LogP contribution is 2.23. The summed E-state index contributed by atoms with van der Waals surface area (Å²) in [5, 5.41) is 26.4. The predicted molar refractivity (Wildman–Crippen MR) is 99.7 cm³/mol. The van der Waals surface area contributed by atoms with Gasteiger partial charge in [0.05, 0.1) is 17.1 Å². The van der Waals surface area contributed by atoms with Crippen molar-refractivity contribution in [2.75, 3.05) is 32.1 Å². The molecule has 0 saturated heterocycles. The number of benzene rings is 1. The number of rotatable bonds is 9. The fraction of sp³-hybridized carbons (Fsp3) is 0.294. The Morgan fingerprint density at radius 3 is 2.78 bits per heavy atom. The topological polar surface area (TPSA) is 122 Å². The molecule has 0 atom stereocenters. The van der Waals surface area contributed by atoms with Crippen LogP contribution in [0.15, 0.2) is 35.0 Å². The molecule has 0 radical (unpaired) electrons. The van der Waals surface area contributed by atoms with Crippen molar-refractivity contribution in [1.82, 2.24) is 4.90 Å². The number of esters is 1. The van der Waals surface area contributed by atoms with Crippen LogP contribution >= 0.6 is 11.3 Å². The number of likely N-dealkylation sites (N-methyl/N-ethyl adjacent to an activating group) is 1. The standard InChI is InChI=1S/C17H19N3O6S/c1-19(9-12-4-7-27-11-12)16(22)10-26-17(23)14-8-13(20(24)25)2-3-15(14)18-5-6-21/h2-4,7-8,11,18,21H,5-6,9-10H2,1H3. The zero-order valence-corrected chi connectivity index (χ0v) is 15.4. The molecule has 0 aliphatic heterocycles. The van der Waals surface area contributed by atoms with Crippen LogP contribution in [0.1, 0.15) is 15.9 Å². The van der Waals surface area contributed by atoms with E-state index in [-0.39, 0.29) is 30.1 Å². The number of aliphatic hydroxyl groups is 1. The van der Waals surface area contributed by atoms with Gasteiger partial charge in [0.25, 0.3) is 11.6 Å². The number of carbonyl (C=O) groups excluding carboxylic acids is 2. The number of aliphatic hydroxyl groups excluding tert-OH is 1. The number of anilines is 1. The highest BCUT2D eigenvalue weighted by atomic mass is 32.1. The summed E-state index contributed by atoms with van der Waals surface area (Å²) >= 11 is 1.52. The number of carbonyl (C=O) groups is 2. The number of amides is 1. The summed E-state index contributed by atoms with van der Waals surface area (Å²) in [5.74, 6) is -1.26. The SMILES string of the molecule is CN(Cc1ccsc1)C(=O)COC(=O)c1cc([N+](=O)[O-])ccc1NCCO. The molecule has 1 aromatic heterocycles. The van der Waals surface area contributed by atoms with Crippen LogP contribution in [-0.4, -0.2) is 53.6 Å². The van der Waals surface area contributed by atoms with Gasteiger partial charge in [0.15, 0.2) is 6.61 Å². The Labute approximate surface area is 159 Å². The molecule has 0 spiro atoms. The molecule has 0 unspecified atom stereocenters. The van der Waals surface area contributed by atoms with Crippen molar-refractivity contribution in [2.24, 2.45) is 0 Å². The van der Waals surface area contributed by atoms with Crippen LogP contribution in [-0.2, 0) is 16.1 Å². The van der Waals surface area contributed by atoms with Crippen LogP contribution in [0.5, 0.6) is 0 Å². The number of non-ortho nitro benzene ring substituents is 1. The minimum absolute atomic E-state index is 0.0778. The van der Waals surface area contributed by atoms with E-state index in [9.17, 15) is 19.7 Å². The lowest BCUT2D eigenvalue weighted by molar-refractivity contribution is -0.384. The number of nitrogens with zero attached hydrogens (tertiary/aromatic N) is 2. The fourth-order valence-electron chi connectivity index (χ4n) is 2.22. The van der Waals surface area contributed by atoms with Crippen molar-refractivity contribution in [3.8, 4) is 0 Å². The summed E-state index contributed by atoms with van der Waals surface area (Å²) in [6, 6.07) is 5.55. The van der Waals surface area contributed by atoms with Gasteiger partial charge in [-0.05, 0) is 28.5 Å². The summed E-state index contributed by atoms with van der Waals surface area (Å²) in [7, 11) is 1.59. The molecule has 27 heavy (non-hydrogen) atoms. The number of hydrogen-bond donors (Lipinski definition) is 2. The Morgan fingerprint density at radius 1 is 1.37 bits per heavy atom. The molecule has 0 bridgehead atoms. The third-order valence-electron chi connectivity index (χ3n) is 3.61. The van der Waals surface area contributed by atoms with Gasteiger partial charge in [0.2, 0.25) is 0 Å². The Morgan fingerprint density at radius 2 is 2.15 bits per heavy atom. The molecular weight excluding hydrogens is 374 g/mol. The van der Waals surface area contributed by atoms with Crippen LogP contribution < -0.4 is 5.32 Å². The van der Waals surface area contributed by atoms with E-state index in [1.54, 1.807) is 7.05 Å². The minimum Gasteiger partial charge on any atom is -0.452 e. The van der Waals surface area contributed by atoms with E-state index < -0.39 is 23.4 Å². The monoisotopic (exact) mass is 393 g/mol. The number of nitro groups is 1. The second-order valence-electron chi connectivity index (χ2n) is 5.59. The number of nitrogens with one attached hydrogen (secondary N) is 1. The van der Waals surface area contributed by atoms with E-state index in [2.05, 4.69) is 5.32 Å². The van der Waals surface area contributed by atoms with E-state index in [1.807, 2.05) is 16.8 Å². The average Bonchev–Trinajstić information content (AvgIpc) is 3.16. The molecule has 2 aromatic rings. The van der Waals surface area contributed by atoms with E-state index >= 15 is 0 Å². The number of ether oxygens (including phenoxy) is 1. The molecule has 2 N–H and O–H groups in total. The molecule has 9 nitrogen and oxygen atoms in total. The molecule has 0 fully saturated rings. The normalized spacial score (nSPS) is 10.3. The molecule has 0 aliphatic carbocycles. The fourth-order valence-corrected chi connectivity index (χ4v) is 2.88. The molecule has 144 valence electrons. The van der Waals surface area contributed by atoms with Crippen molar-refractivity contribution < 1.29 is 24.4 Å². The molecule has 1 aromatic carbocycles. The third kappa shape index (κ3) is 5.76. The number of nitro benzene ring substituents is 1. The Kier molecular flexibility index (Phi) is 7.26. The van der Waals surface area contributed by atoms with Crippen molar-refractivity contribution in [3.63, 3.8) is 0 Å². The highest BCUT2D eigenvalue weighted by molar-refractivity contribution is 7.07. The smallest absolute Gasteiger partial charge is 0.341 e. The van der Waals surface area contributed by atoms with E-state index in [1.165, 1.54) is 28.4 Å². The Bertz CT molecular complexity index is 809. The van der Waals surface area contributed by atoms with Gasteiger partial charge in [-0.25, -0.2) is 4.79 Å². The summed E-state index contributed by atoms with van der Waals surface area (Å²) in [6.07, 6.45) is 0. The van der Waals surface area contributed by atoms with Crippen LogP contribution in [0, 0.1) is 10.1 Å². The van der Waals surface area contributed by atoms with E-state index in [0.29, 0.717) is 6.54 Å². The van der Waals surface area contributed by atoms with Crippen LogP contribution in [0.4, 0.5) is 11.4 Å². The average molecular weight is 393 g/mol. The molecule has 0 saturated carbocycles. The summed E-state index contributed by atoms with van der Waals surface area (Å²) in [6.45, 7) is -0.126. The highest BCUT2D eigenvalue weighted by Gasteiger charge is 2.20. The van der Waals surface area contributed by atoms with E-state index in [0.717, 1.165) is 11.6 Å². The number of thiophene rings is 1. The largest absolute Gasteiger partial charge is 0.452 e. The molecule has 2 rings (SSSR count). The van der Waals surface area contributed by atoms with Gasteiger partial charge >= 0.3 is 5.97 Å². The maximum absolute atomic E-state index is 12.3. The van der Waals surface area contributed by atoms with Gasteiger partial charge in [-0.1, -0.05) is 0 Å². The van der Waals surface area contributed by atoms with Crippen LogP contribution in [0.25, 0.3) is 0 Å². The molecule has 10 heteroatoms. The van der Waals surface area contributed by atoms with Gasteiger partial charge in [-0.3, -0.25) is 14.9 Å². The first kappa shape index (κ1) is 20.3. The first-order chi connectivity index (χ1) is 12.9. The summed E-state index contributed by atoms with van der Waals surface area (Å²) < 4.78 is 5.03. The first-order valence-corrected chi connectivity index (χ1v) is 8.92. The van der Waals surface area contributed by atoms with Crippen molar-refractivity contribution in [2.45, 2.75) is 6.54 Å². The van der Waals surface area contributed by atoms with Crippen molar-refractivity contribution >= 4 is 34.6 Å². The zero-order chi connectivity index (χ0) is 19.8. The lowest BCUT2D eigenvalue weighted by atomic mass is 10.1. The molecule has 1 amide bonds. The van der Waals surface area contributed by atoms with Crippen molar-refractivity contribution in [3.05, 3.63) is 56.3 Å². The van der Waals surface area contributed by atoms with Crippen molar-refractivity contribution in [1.29, 1.82) is 0 Å².